The monoisotopic (exact) mass is 343 g/mol. The molecule has 0 aliphatic rings. The van der Waals surface area contributed by atoms with Gasteiger partial charge in [-0.1, -0.05) is 0 Å². The number of nitrogens with one attached hydrogen (secondary N) is 1. The van der Waals surface area contributed by atoms with Crippen molar-refractivity contribution in [3.05, 3.63) is 47.3 Å². The summed E-state index contributed by atoms with van der Waals surface area (Å²) in [5.41, 5.74) is 5.27. The van der Waals surface area contributed by atoms with Crippen molar-refractivity contribution in [1.82, 2.24) is 14.6 Å². The van der Waals surface area contributed by atoms with E-state index in [1.54, 1.807) is 6.07 Å². The Morgan fingerprint density at radius 1 is 1.12 bits per heavy atom. The van der Waals surface area contributed by atoms with Crippen molar-refractivity contribution in [3.8, 4) is 12.1 Å². The van der Waals surface area contributed by atoms with E-state index in [9.17, 15) is 13.2 Å². The molecule has 3 rings (SSSR count). The number of nitrogen functional groups attached to an aromatic ring is 1. The van der Waals surface area contributed by atoms with Gasteiger partial charge in [0, 0.05) is 11.8 Å². The highest BCUT2D eigenvalue weighted by Gasteiger charge is 2.31. The summed E-state index contributed by atoms with van der Waals surface area (Å²) in [5.74, 6) is 0.0997. The van der Waals surface area contributed by atoms with E-state index in [-0.39, 0.29) is 34.1 Å². The van der Waals surface area contributed by atoms with Crippen molar-refractivity contribution < 1.29 is 13.2 Å². The second kappa shape index (κ2) is 5.69. The molecule has 0 spiro atoms. The third-order valence-corrected chi connectivity index (χ3v) is 3.27. The van der Waals surface area contributed by atoms with Crippen LogP contribution in [0.3, 0.4) is 0 Å². The Balaban J connectivity index is 2.07. The first-order valence-electron chi connectivity index (χ1n) is 6.75. The normalized spacial score (nSPS) is 11.1. The maximum atomic E-state index is 12.9. The number of alkyl halides is 3. The van der Waals surface area contributed by atoms with E-state index in [1.807, 2.05) is 6.07 Å². The van der Waals surface area contributed by atoms with Crippen LogP contribution in [0.5, 0.6) is 0 Å². The number of nitrogens with two attached hydrogens (primary N) is 1. The molecule has 0 fully saturated rings. The highest BCUT2D eigenvalue weighted by Crippen LogP contribution is 2.32. The summed E-state index contributed by atoms with van der Waals surface area (Å²) in [7, 11) is 0. The van der Waals surface area contributed by atoms with Crippen molar-refractivity contribution in [2.24, 2.45) is 0 Å². The fraction of sp³-hybridized carbons (Fsp3) is 0.0667. The molecule has 0 radical (unpaired) electrons. The zero-order valence-corrected chi connectivity index (χ0v) is 12.3. The first kappa shape index (κ1) is 16.1. The van der Waals surface area contributed by atoms with Crippen molar-refractivity contribution in [1.29, 1.82) is 10.5 Å². The standard InChI is InChI=1S/C15H8F3N7/c16-15(17,18)9-1-8(5-19)2-10(3-9)23-13-4-12(21)14-22-7-11(6-20)25(14)24-13/h1-4,7H,21H2,(H,23,24). The SMILES string of the molecule is N#Cc1cc(Nc2cc(N)c3ncc(C#N)n3n2)cc(C(F)(F)F)c1. The average molecular weight is 343 g/mol. The Labute approximate surface area is 138 Å². The highest BCUT2D eigenvalue weighted by molar-refractivity contribution is 5.71. The highest BCUT2D eigenvalue weighted by atomic mass is 19.4. The molecular weight excluding hydrogens is 335 g/mol. The third-order valence-electron chi connectivity index (χ3n) is 3.27. The number of fused-ring (bicyclic) bond motifs is 1. The van der Waals surface area contributed by atoms with E-state index in [0.29, 0.717) is 0 Å². The minimum atomic E-state index is -4.60. The Kier molecular flexibility index (Phi) is 3.66. The lowest BCUT2D eigenvalue weighted by atomic mass is 10.1. The number of hydrogen-bond donors (Lipinski definition) is 2. The van der Waals surface area contributed by atoms with Crippen molar-refractivity contribution >= 4 is 22.8 Å². The summed E-state index contributed by atoms with van der Waals surface area (Å²) in [6, 6.07) is 7.77. The topological polar surface area (TPSA) is 116 Å². The summed E-state index contributed by atoms with van der Waals surface area (Å²) >= 11 is 0. The largest absolute Gasteiger partial charge is 0.416 e. The van der Waals surface area contributed by atoms with Gasteiger partial charge in [-0.2, -0.15) is 28.2 Å². The van der Waals surface area contributed by atoms with Gasteiger partial charge in [0.15, 0.2) is 17.2 Å². The number of rotatable bonds is 2. The molecule has 0 aliphatic carbocycles. The maximum absolute atomic E-state index is 12.9. The fourth-order valence-electron chi connectivity index (χ4n) is 2.21. The molecule has 25 heavy (non-hydrogen) atoms. The second-order valence-corrected chi connectivity index (χ2v) is 5.01. The number of nitriles is 2. The molecule has 0 unspecified atom stereocenters. The number of anilines is 3. The van der Waals surface area contributed by atoms with Crippen LogP contribution in [0.15, 0.2) is 30.5 Å². The van der Waals surface area contributed by atoms with E-state index in [0.717, 1.165) is 12.1 Å². The Bertz CT molecular complexity index is 1050. The molecule has 10 heteroatoms. The minimum Gasteiger partial charge on any atom is -0.396 e. The zero-order chi connectivity index (χ0) is 18.2. The summed E-state index contributed by atoms with van der Waals surface area (Å²) in [6.45, 7) is 0. The van der Waals surface area contributed by atoms with Crippen molar-refractivity contribution in [3.63, 3.8) is 0 Å². The van der Waals surface area contributed by atoms with Gasteiger partial charge >= 0.3 is 6.18 Å². The Morgan fingerprint density at radius 3 is 2.52 bits per heavy atom. The van der Waals surface area contributed by atoms with Crippen LogP contribution in [0.4, 0.5) is 30.4 Å². The smallest absolute Gasteiger partial charge is 0.396 e. The van der Waals surface area contributed by atoms with Crippen LogP contribution in [0, 0.1) is 22.7 Å². The molecule has 3 aromatic rings. The van der Waals surface area contributed by atoms with Gasteiger partial charge in [-0.25, -0.2) is 4.98 Å². The van der Waals surface area contributed by atoms with Crippen LogP contribution in [-0.2, 0) is 6.18 Å². The van der Waals surface area contributed by atoms with E-state index in [2.05, 4.69) is 15.4 Å². The average Bonchev–Trinajstić information content (AvgIpc) is 2.97. The predicted octanol–water partition coefficient (Wildman–Crippen LogP) is 2.82. The Hall–Kier alpha value is -3.79. The van der Waals surface area contributed by atoms with E-state index >= 15 is 0 Å². The van der Waals surface area contributed by atoms with Crippen LogP contribution in [0.1, 0.15) is 16.8 Å². The molecule has 0 bridgehead atoms. The molecule has 124 valence electrons. The van der Waals surface area contributed by atoms with Gasteiger partial charge in [-0.15, -0.1) is 5.10 Å². The quantitative estimate of drug-likeness (QED) is 0.739. The molecule has 0 saturated heterocycles. The molecule has 1 aromatic carbocycles. The Morgan fingerprint density at radius 2 is 1.88 bits per heavy atom. The van der Waals surface area contributed by atoms with Gasteiger partial charge in [0.05, 0.1) is 29.1 Å². The van der Waals surface area contributed by atoms with Gasteiger partial charge in [0.2, 0.25) is 0 Å². The summed E-state index contributed by atoms with van der Waals surface area (Å²) < 4.78 is 40.0. The minimum absolute atomic E-state index is 0.0104. The van der Waals surface area contributed by atoms with Gasteiger partial charge in [-0.3, -0.25) is 0 Å². The second-order valence-electron chi connectivity index (χ2n) is 5.01. The number of nitrogens with zero attached hydrogens (tertiary/aromatic N) is 5. The lowest BCUT2D eigenvalue weighted by Crippen LogP contribution is -2.07. The molecule has 0 amide bonds. The van der Waals surface area contributed by atoms with Crippen LogP contribution in [0.25, 0.3) is 5.65 Å². The molecule has 2 aromatic heterocycles. The van der Waals surface area contributed by atoms with E-state index < -0.39 is 11.7 Å². The number of halogens is 3. The lowest BCUT2D eigenvalue weighted by Gasteiger charge is -2.12. The molecule has 2 heterocycles. The summed E-state index contributed by atoms with van der Waals surface area (Å²) in [5, 5.41) is 24.7. The fourth-order valence-corrected chi connectivity index (χ4v) is 2.21. The third kappa shape index (κ3) is 3.01. The predicted molar refractivity (Wildman–Crippen MR) is 81.6 cm³/mol. The number of imidazole rings is 1. The van der Waals surface area contributed by atoms with Gasteiger partial charge < -0.3 is 11.1 Å². The van der Waals surface area contributed by atoms with Crippen LogP contribution in [-0.4, -0.2) is 14.6 Å². The molecule has 0 saturated carbocycles. The molecule has 3 N–H and O–H groups in total. The van der Waals surface area contributed by atoms with Crippen LogP contribution < -0.4 is 11.1 Å². The maximum Gasteiger partial charge on any atom is 0.416 e. The molecule has 0 atom stereocenters. The van der Waals surface area contributed by atoms with Gasteiger partial charge in [0.25, 0.3) is 0 Å². The first-order chi connectivity index (χ1) is 11.8. The van der Waals surface area contributed by atoms with Crippen molar-refractivity contribution in [2.75, 3.05) is 11.1 Å². The molecule has 7 nitrogen and oxygen atoms in total. The number of benzene rings is 1. The zero-order valence-electron chi connectivity index (χ0n) is 12.3. The first-order valence-corrected chi connectivity index (χ1v) is 6.75. The summed E-state index contributed by atoms with van der Waals surface area (Å²) in [4.78, 5) is 3.94. The molecular formula is C15H8F3N7. The lowest BCUT2D eigenvalue weighted by molar-refractivity contribution is -0.137. The number of hydrogen-bond acceptors (Lipinski definition) is 6. The van der Waals surface area contributed by atoms with Crippen LogP contribution >= 0.6 is 0 Å². The number of aromatic nitrogens is 3. The van der Waals surface area contributed by atoms with Crippen LogP contribution in [0.2, 0.25) is 0 Å². The summed E-state index contributed by atoms with van der Waals surface area (Å²) in [6.07, 6.45) is -3.32. The van der Waals surface area contributed by atoms with Crippen molar-refractivity contribution in [2.45, 2.75) is 6.18 Å². The van der Waals surface area contributed by atoms with E-state index in [4.69, 9.17) is 16.3 Å². The molecule has 0 aliphatic heterocycles. The van der Waals surface area contributed by atoms with E-state index in [1.165, 1.54) is 22.8 Å². The van der Waals surface area contributed by atoms with Gasteiger partial charge in [-0.05, 0) is 18.2 Å². The van der Waals surface area contributed by atoms with Gasteiger partial charge in [0.1, 0.15) is 6.07 Å².